The minimum Gasteiger partial charge on any atom is -0.314 e. The summed E-state index contributed by atoms with van der Waals surface area (Å²) in [7, 11) is 0. The van der Waals surface area contributed by atoms with Gasteiger partial charge in [-0.1, -0.05) is 72.1 Å². The van der Waals surface area contributed by atoms with E-state index in [9.17, 15) is 0 Å². The third-order valence-corrected chi connectivity index (χ3v) is 8.33. The smallest absolute Gasteiger partial charge is 0.00386 e. The van der Waals surface area contributed by atoms with Crippen LogP contribution in [0.15, 0.2) is 0 Å². The second-order valence-corrected chi connectivity index (χ2v) is 11.2. The molecule has 2 nitrogen and oxygen atoms in total. The van der Waals surface area contributed by atoms with Crippen LogP contribution in [0.2, 0.25) is 0 Å². The molecule has 178 valence electrons. The normalized spacial score (nSPS) is 21.6. The number of hydrogen-bond acceptors (Lipinski definition) is 2. The van der Waals surface area contributed by atoms with Crippen molar-refractivity contribution < 1.29 is 0 Å². The molecular weight excluding hydrogens is 364 g/mol. The van der Waals surface area contributed by atoms with Crippen molar-refractivity contribution in [3.05, 3.63) is 0 Å². The van der Waals surface area contributed by atoms with E-state index in [1.165, 1.54) is 129 Å². The van der Waals surface area contributed by atoms with Crippen molar-refractivity contribution >= 4 is 0 Å². The number of nitrogens with one attached hydrogen (secondary N) is 1. The molecule has 2 heteroatoms. The molecule has 2 atom stereocenters. The molecule has 1 saturated heterocycles. The van der Waals surface area contributed by atoms with Gasteiger partial charge < -0.3 is 10.2 Å². The first kappa shape index (κ1) is 26.2. The van der Waals surface area contributed by atoms with Crippen molar-refractivity contribution in [2.24, 2.45) is 17.3 Å². The van der Waals surface area contributed by atoms with Crippen molar-refractivity contribution in [2.45, 2.75) is 136 Å². The van der Waals surface area contributed by atoms with Gasteiger partial charge in [0.05, 0.1) is 0 Å². The van der Waals surface area contributed by atoms with Crippen LogP contribution < -0.4 is 5.32 Å². The Morgan fingerprint density at radius 2 is 1.47 bits per heavy atom. The van der Waals surface area contributed by atoms with Crippen molar-refractivity contribution in [1.82, 2.24) is 10.2 Å². The summed E-state index contributed by atoms with van der Waals surface area (Å²) in [5, 5.41) is 3.74. The highest BCUT2D eigenvalue weighted by Crippen LogP contribution is 2.53. The van der Waals surface area contributed by atoms with Crippen LogP contribution in [-0.2, 0) is 0 Å². The van der Waals surface area contributed by atoms with Gasteiger partial charge in [0.25, 0.3) is 0 Å². The third-order valence-electron chi connectivity index (χ3n) is 8.33. The molecule has 0 aromatic rings. The summed E-state index contributed by atoms with van der Waals surface area (Å²) in [4.78, 5) is 2.85. The third kappa shape index (κ3) is 9.60. The molecule has 1 N–H and O–H groups in total. The van der Waals surface area contributed by atoms with E-state index >= 15 is 0 Å². The molecule has 0 amide bonds. The number of rotatable bonds is 17. The van der Waals surface area contributed by atoms with Gasteiger partial charge in [-0.3, -0.25) is 0 Å². The van der Waals surface area contributed by atoms with Crippen molar-refractivity contribution in [2.75, 3.05) is 26.2 Å². The average molecular weight is 421 g/mol. The molecule has 0 bridgehead atoms. The molecule has 1 spiro atoms. The molecular formula is C28H56N2. The lowest BCUT2D eigenvalue weighted by Gasteiger charge is -2.53. The highest BCUT2D eigenvalue weighted by atomic mass is 15.1. The largest absolute Gasteiger partial charge is 0.314 e. The first-order chi connectivity index (χ1) is 14.6. The van der Waals surface area contributed by atoms with Crippen LogP contribution in [0.5, 0.6) is 0 Å². The van der Waals surface area contributed by atoms with Crippen LogP contribution in [0, 0.1) is 17.3 Å². The molecule has 1 aliphatic carbocycles. The second kappa shape index (κ2) is 14.9. The number of unbranched alkanes of at least 4 members (excludes halogenated alkanes) is 5. The van der Waals surface area contributed by atoms with Gasteiger partial charge in [-0.25, -0.2) is 0 Å². The van der Waals surface area contributed by atoms with Crippen molar-refractivity contribution in [1.29, 1.82) is 0 Å². The molecule has 0 radical (unpaired) electrons. The minimum atomic E-state index is 0.708. The molecule has 1 aliphatic heterocycles. The Morgan fingerprint density at radius 1 is 0.833 bits per heavy atom. The fourth-order valence-corrected chi connectivity index (χ4v) is 6.29. The van der Waals surface area contributed by atoms with Crippen molar-refractivity contribution in [3.8, 4) is 0 Å². The van der Waals surface area contributed by atoms with Gasteiger partial charge in [-0.05, 0) is 95.2 Å². The quantitative estimate of drug-likeness (QED) is 0.241. The molecule has 2 aliphatic rings. The lowest BCUT2D eigenvalue weighted by atomic mass is 9.57. The van der Waals surface area contributed by atoms with E-state index in [2.05, 4.69) is 37.9 Å². The topological polar surface area (TPSA) is 15.3 Å². The van der Waals surface area contributed by atoms with Crippen LogP contribution in [0.4, 0.5) is 0 Å². The van der Waals surface area contributed by atoms with Gasteiger partial charge in [-0.2, -0.15) is 0 Å². The SMILES string of the molecule is CCCCCCC(CCCCC)CN1CCC2(CC1)CC(CCNC(C)CCC)C2. The maximum atomic E-state index is 3.74. The van der Waals surface area contributed by atoms with Gasteiger partial charge in [0.15, 0.2) is 0 Å². The number of hydrogen-bond donors (Lipinski definition) is 1. The average Bonchev–Trinajstić information content (AvgIpc) is 2.71. The summed E-state index contributed by atoms with van der Waals surface area (Å²) in [5.41, 5.74) is 0.745. The summed E-state index contributed by atoms with van der Waals surface area (Å²) < 4.78 is 0. The summed E-state index contributed by atoms with van der Waals surface area (Å²) in [6, 6.07) is 0.708. The fraction of sp³-hybridized carbons (Fsp3) is 1.00. The molecule has 0 aromatic heterocycles. The molecule has 1 heterocycles. The number of likely N-dealkylation sites (tertiary alicyclic amines) is 1. The highest BCUT2D eigenvalue weighted by Gasteiger charge is 2.45. The number of nitrogens with zero attached hydrogens (tertiary/aromatic N) is 1. The van der Waals surface area contributed by atoms with Crippen LogP contribution >= 0.6 is 0 Å². The van der Waals surface area contributed by atoms with Crippen LogP contribution in [-0.4, -0.2) is 37.1 Å². The van der Waals surface area contributed by atoms with E-state index in [4.69, 9.17) is 0 Å². The van der Waals surface area contributed by atoms with E-state index in [0.717, 1.165) is 17.3 Å². The van der Waals surface area contributed by atoms with E-state index in [0.29, 0.717) is 6.04 Å². The zero-order valence-corrected chi connectivity index (χ0v) is 21.3. The molecule has 2 unspecified atom stereocenters. The molecule has 30 heavy (non-hydrogen) atoms. The maximum Gasteiger partial charge on any atom is 0.00386 e. The standard InChI is InChI=1S/C28H56N2/c1-5-8-10-12-15-26(14-11-9-6-2)24-30-20-17-28(18-21-30)22-27(23-28)16-19-29-25(4)13-7-3/h25-27,29H,5-24H2,1-4H3. The maximum absolute atomic E-state index is 3.74. The fourth-order valence-electron chi connectivity index (χ4n) is 6.29. The second-order valence-electron chi connectivity index (χ2n) is 11.2. The Kier molecular flexibility index (Phi) is 13.0. The van der Waals surface area contributed by atoms with E-state index in [-0.39, 0.29) is 0 Å². The van der Waals surface area contributed by atoms with Gasteiger partial charge in [0.1, 0.15) is 0 Å². The Hall–Kier alpha value is -0.0800. The number of piperidine rings is 1. The Balaban J connectivity index is 1.62. The summed E-state index contributed by atoms with van der Waals surface area (Å²) in [5.74, 6) is 1.98. The molecule has 0 aromatic carbocycles. The van der Waals surface area contributed by atoms with E-state index in [1.54, 1.807) is 0 Å². The van der Waals surface area contributed by atoms with Gasteiger partial charge in [0, 0.05) is 12.6 Å². The first-order valence-electron chi connectivity index (χ1n) is 14.1. The van der Waals surface area contributed by atoms with E-state index in [1.807, 2.05) is 0 Å². The summed E-state index contributed by atoms with van der Waals surface area (Å²) in [6.45, 7) is 14.7. The predicted octanol–water partition coefficient (Wildman–Crippen LogP) is 7.81. The van der Waals surface area contributed by atoms with Gasteiger partial charge in [-0.15, -0.1) is 0 Å². The lowest BCUT2D eigenvalue weighted by molar-refractivity contribution is -0.0198. The molecule has 2 fully saturated rings. The van der Waals surface area contributed by atoms with E-state index < -0.39 is 0 Å². The lowest BCUT2D eigenvalue weighted by Crippen LogP contribution is -2.48. The van der Waals surface area contributed by atoms with Crippen LogP contribution in [0.3, 0.4) is 0 Å². The van der Waals surface area contributed by atoms with Gasteiger partial charge in [0.2, 0.25) is 0 Å². The predicted molar refractivity (Wildman–Crippen MR) is 134 cm³/mol. The Morgan fingerprint density at radius 3 is 2.10 bits per heavy atom. The summed E-state index contributed by atoms with van der Waals surface area (Å²) >= 11 is 0. The van der Waals surface area contributed by atoms with Crippen LogP contribution in [0.25, 0.3) is 0 Å². The first-order valence-corrected chi connectivity index (χ1v) is 14.1. The Bertz CT molecular complexity index is 405. The van der Waals surface area contributed by atoms with Crippen LogP contribution in [0.1, 0.15) is 130 Å². The van der Waals surface area contributed by atoms with Crippen molar-refractivity contribution in [3.63, 3.8) is 0 Å². The minimum absolute atomic E-state index is 0.708. The zero-order chi connectivity index (χ0) is 21.7. The monoisotopic (exact) mass is 420 g/mol. The highest BCUT2D eigenvalue weighted by molar-refractivity contribution is 4.97. The molecule has 2 rings (SSSR count). The van der Waals surface area contributed by atoms with Gasteiger partial charge >= 0.3 is 0 Å². The molecule has 1 saturated carbocycles. The zero-order valence-electron chi connectivity index (χ0n) is 21.3. The Labute approximate surface area is 190 Å². The summed E-state index contributed by atoms with van der Waals surface area (Å²) in [6.07, 6.45) is 23.0.